The maximum Gasteiger partial charge on any atom is -0.00182 e. The van der Waals surface area contributed by atoms with Gasteiger partial charge in [-0.05, 0) is 62.7 Å². The second kappa shape index (κ2) is 6.61. The van der Waals surface area contributed by atoms with Gasteiger partial charge < -0.3 is 10.6 Å². The van der Waals surface area contributed by atoms with Crippen molar-refractivity contribution in [3.63, 3.8) is 0 Å². The van der Waals surface area contributed by atoms with E-state index in [1.165, 1.54) is 38.9 Å². The van der Waals surface area contributed by atoms with Crippen molar-refractivity contribution in [2.45, 2.75) is 47.0 Å². The summed E-state index contributed by atoms with van der Waals surface area (Å²) in [5.74, 6) is 1.71. The fraction of sp³-hybridized carbons (Fsp3) is 1.00. The Morgan fingerprint density at radius 3 is 2.44 bits per heavy atom. The lowest BCUT2D eigenvalue weighted by Crippen LogP contribution is -2.33. The van der Waals surface area contributed by atoms with E-state index in [0.717, 1.165) is 18.4 Å². The number of piperidine rings is 1. The summed E-state index contributed by atoms with van der Waals surface area (Å²) < 4.78 is 0. The molecular weight excluding hydrogens is 196 g/mol. The molecule has 1 unspecified atom stereocenters. The lowest BCUT2D eigenvalue weighted by molar-refractivity contribution is 0.249. The van der Waals surface area contributed by atoms with Gasteiger partial charge in [0.15, 0.2) is 0 Å². The molecular formula is C14H30N2. The van der Waals surface area contributed by atoms with Crippen molar-refractivity contribution in [1.29, 1.82) is 0 Å². The van der Waals surface area contributed by atoms with Gasteiger partial charge in [0.2, 0.25) is 0 Å². The van der Waals surface area contributed by atoms with Crippen molar-refractivity contribution in [3.8, 4) is 0 Å². The highest BCUT2D eigenvalue weighted by Gasteiger charge is 2.19. The molecule has 1 rings (SSSR count). The Morgan fingerprint density at radius 2 is 1.88 bits per heavy atom. The van der Waals surface area contributed by atoms with Crippen LogP contribution in [-0.4, -0.2) is 26.2 Å². The van der Waals surface area contributed by atoms with Crippen molar-refractivity contribution >= 4 is 0 Å². The monoisotopic (exact) mass is 226 g/mol. The summed E-state index contributed by atoms with van der Waals surface area (Å²) in [4.78, 5) is 0. The largest absolute Gasteiger partial charge is 0.317 e. The smallest absolute Gasteiger partial charge is 0.00182 e. The van der Waals surface area contributed by atoms with Crippen molar-refractivity contribution in [3.05, 3.63) is 0 Å². The molecule has 0 aromatic rings. The summed E-state index contributed by atoms with van der Waals surface area (Å²) in [6.07, 6.45) is 4.10. The number of rotatable bonds is 5. The first-order valence-electron chi connectivity index (χ1n) is 6.91. The van der Waals surface area contributed by atoms with Gasteiger partial charge in [0.1, 0.15) is 0 Å². The van der Waals surface area contributed by atoms with E-state index in [-0.39, 0.29) is 0 Å². The summed E-state index contributed by atoms with van der Waals surface area (Å²) in [5.41, 5.74) is 0.432. The summed E-state index contributed by atoms with van der Waals surface area (Å²) >= 11 is 0. The van der Waals surface area contributed by atoms with Gasteiger partial charge >= 0.3 is 0 Å². The minimum absolute atomic E-state index is 0.432. The van der Waals surface area contributed by atoms with E-state index >= 15 is 0 Å². The van der Waals surface area contributed by atoms with Gasteiger partial charge in [0, 0.05) is 0 Å². The SMILES string of the molecule is CC(CNCCC1CCNCC1)C(C)(C)C. The normalized spacial score (nSPS) is 21.0. The van der Waals surface area contributed by atoms with Crippen LogP contribution in [0, 0.1) is 17.3 Å². The number of nitrogens with one attached hydrogen (secondary N) is 2. The number of hydrogen-bond donors (Lipinski definition) is 2. The van der Waals surface area contributed by atoms with Crippen LogP contribution in [-0.2, 0) is 0 Å². The lowest BCUT2D eigenvalue weighted by Gasteiger charge is -2.28. The van der Waals surface area contributed by atoms with Gasteiger partial charge in [-0.2, -0.15) is 0 Å². The van der Waals surface area contributed by atoms with Gasteiger partial charge in [-0.3, -0.25) is 0 Å². The highest BCUT2D eigenvalue weighted by Crippen LogP contribution is 2.24. The van der Waals surface area contributed by atoms with Crippen LogP contribution in [0.3, 0.4) is 0 Å². The highest BCUT2D eigenvalue weighted by molar-refractivity contribution is 4.73. The van der Waals surface area contributed by atoms with Crippen LogP contribution in [0.15, 0.2) is 0 Å². The predicted molar refractivity (Wildman–Crippen MR) is 71.7 cm³/mol. The quantitative estimate of drug-likeness (QED) is 0.704. The molecule has 96 valence electrons. The molecule has 2 heteroatoms. The van der Waals surface area contributed by atoms with Gasteiger partial charge in [-0.1, -0.05) is 27.7 Å². The second-order valence-electron chi connectivity index (χ2n) is 6.45. The van der Waals surface area contributed by atoms with Crippen molar-refractivity contribution in [2.24, 2.45) is 17.3 Å². The molecule has 1 heterocycles. The zero-order valence-corrected chi connectivity index (χ0v) is 11.6. The second-order valence-corrected chi connectivity index (χ2v) is 6.45. The molecule has 1 fully saturated rings. The molecule has 0 amide bonds. The first-order valence-corrected chi connectivity index (χ1v) is 6.91. The Balaban J connectivity index is 2.02. The van der Waals surface area contributed by atoms with E-state index in [0.29, 0.717) is 5.41 Å². The van der Waals surface area contributed by atoms with Crippen molar-refractivity contribution < 1.29 is 0 Å². The summed E-state index contributed by atoms with van der Waals surface area (Å²) in [6.45, 7) is 14.1. The Kier molecular flexibility index (Phi) is 5.77. The molecule has 0 aromatic heterocycles. The van der Waals surface area contributed by atoms with Crippen LogP contribution in [0.4, 0.5) is 0 Å². The van der Waals surface area contributed by atoms with E-state index < -0.39 is 0 Å². The van der Waals surface area contributed by atoms with Crippen LogP contribution in [0.25, 0.3) is 0 Å². The number of hydrogen-bond acceptors (Lipinski definition) is 2. The fourth-order valence-corrected chi connectivity index (χ4v) is 2.10. The van der Waals surface area contributed by atoms with Gasteiger partial charge in [0.05, 0.1) is 0 Å². The first-order chi connectivity index (χ1) is 7.50. The molecule has 0 radical (unpaired) electrons. The maximum absolute atomic E-state index is 3.62. The third-order valence-electron chi connectivity index (χ3n) is 4.12. The minimum atomic E-state index is 0.432. The zero-order chi connectivity index (χ0) is 12.0. The Morgan fingerprint density at radius 1 is 1.25 bits per heavy atom. The molecule has 16 heavy (non-hydrogen) atoms. The highest BCUT2D eigenvalue weighted by atomic mass is 14.9. The topological polar surface area (TPSA) is 24.1 Å². The summed E-state index contributed by atoms with van der Waals surface area (Å²) in [7, 11) is 0. The van der Waals surface area contributed by atoms with Crippen LogP contribution in [0.1, 0.15) is 47.0 Å². The average molecular weight is 226 g/mol. The Hall–Kier alpha value is -0.0800. The molecule has 2 nitrogen and oxygen atoms in total. The summed E-state index contributed by atoms with van der Waals surface area (Å²) in [5, 5.41) is 7.04. The zero-order valence-electron chi connectivity index (χ0n) is 11.6. The molecule has 0 saturated carbocycles. The van der Waals surface area contributed by atoms with Crippen LogP contribution in [0.2, 0.25) is 0 Å². The first kappa shape index (κ1) is 14.0. The van der Waals surface area contributed by atoms with Crippen molar-refractivity contribution in [1.82, 2.24) is 10.6 Å². The average Bonchev–Trinajstić information content (AvgIpc) is 2.24. The van der Waals surface area contributed by atoms with E-state index in [2.05, 4.69) is 38.3 Å². The van der Waals surface area contributed by atoms with Crippen LogP contribution in [0.5, 0.6) is 0 Å². The standard InChI is InChI=1S/C14H30N2/c1-12(14(2,3)4)11-16-10-7-13-5-8-15-9-6-13/h12-13,15-16H,5-11H2,1-4H3. The molecule has 2 N–H and O–H groups in total. The van der Waals surface area contributed by atoms with E-state index in [1.807, 2.05) is 0 Å². The Bertz CT molecular complexity index is 178. The van der Waals surface area contributed by atoms with Crippen LogP contribution < -0.4 is 10.6 Å². The lowest BCUT2D eigenvalue weighted by atomic mass is 9.82. The van der Waals surface area contributed by atoms with Gasteiger partial charge in [0.25, 0.3) is 0 Å². The molecule has 1 saturated heterocycles. The van der Waals surface area contributed by atoms with Gasteiger partial charge in [-0.15, -0.1) is 0 Å². The molecule has 0 aliphatic carbocycles. The summed E-state index contributed by atoms with van der Waals surface area (Å²) in [6, 6.07) is 0. The minimum Gasteiger partial charge on any atom is -0.317 e. The molecule has 1 aliphatic rings. The Labute approximate surface area is 102 Å². The molecule has 1 aliphatic heterocycles. The molecule has 0 bridgehead atoms. The molecule has 1 atom stereocenters. The van der Waals surface area contributed by atoms with Crippen molar-refractivity contribution in [2.75, 3.05) is 26.2 Å². The maximum atomic E-state index is 3.62. The molecule has 0 spiro atoms. The van der Waals surface area contributed by atoms with E-state index in [4.69, 9.17) is 0 Å². The third-order valence-corrected chi connectivity index (χ3v) is 4.12. The third kappa shape index (κ3) is 5.31. The molecule has 0 aromatic carbocycles. The van der Waals surface area contributed by atoms with E-state index in [1.54, 1.807) is 0 Å². The van der Waals surface area contributed by atoms with E-state index in [9.17, 15) is 0 Å². The predicted octanol–water partition coefficient (Wildman–Crippen LogP) is 2.65. The fourth-order valence-electron chi connectivity index (χ4n) is 2.10. The van der Waals surface area contributed by atoms with Gasteiger partial charge in [-0.25, -0.2) is 0 Å². The van der Waals surface area contributed by atoms with Crippen LogP contribution >= 0.6 is 0 Å².